The third kappa shape index (κ3) is 7.86. The highest BCUT2D eigenvalue weighted by molar-refractivity contribution is 7.88. The molecule has 30 heavy (non-hydrogen) atoms. The number of halogens is 3. The Balaban J connectivity index is 0.000000396. The highest BCUT2D eigenvalue weighted by atomic mass is 32.2. The van der Waals surface area contributed by atoms with Crippen LogP contribution in [0.1, 0.15) is 24.0 Å². The summed E-state index contributed by atoms with van der Waals surface area (Å²) in [6, 6.07) is 8.64. The van der Waals surface area contributed by atoms with Crippen LogP contribution >= 0.6 is 0 Å². The molecule has 3 rings (SSSR count). The van der Waals surface area contributed by atoms with Gasteiger partial charge in [0.15, 0.2) is 0 Å². The number of carbonyl (C=O) groups is 1. The average Bonchev–Trinajstić information content (AvgIpc) is 2.59. The predicted octanol–water partition coefficient (Wildman–Crippen LogP) is 2.16. The van der Waals surface area contributed by atoms with Gasteiger partial charge in [0.1, 0.15) is 0 Å². The van der Waals surface area contributed by atoms with E-state index in [1.165, 1.54) is 17.4 Å². The fraction of sp³-hybridized carbons (Fsp3) is 0.632. The fourth-order valence-electron chi connectivity index (χ4n) is 3.55. The number of likely N-dealkylation sites (tertiary alicyclic amines) is 1. The van der Waals surface area contributed by atoms with Gasteiger partial charge in [-0.25, -0.2) is 17.9 Å². The van der Waals surface area contributed by atoms with E-state index in [1.807, 2.05) is 0 Å². The summed E-state index contributed by atoms with van der Waals surface area (Å²) in [5.74, 6) is -2.46. The van der Waals surface area contributed by atoms with Crippen LogP contribution in [0.2, 0.25) is 0 Å². The summed E-state index contributed by atoms with van der Waals surface area (Å²) in [4.78, 5) is 11.3. The van der Waals surface area contributed by atoms with Gasteiger partial charge in [-0.05, 0) is 31.2 Å². The van der Waals surface area contributed by atoms with Gasteiger partial charge < -0.3 is 9.84 Å². The van der Waals surface area contributed by atoms with Crippen LogP contribution in [0.25, 0.3) is 0 Å². The molecule has 2 aliphatic rings. The highest BCUT2D eigenvalue weighted by Gasteiger charge is 2.46. The van der Waals surface area contributed by atoms with E-state index in [0.717, 1.165) is 32.5 Å². The first-order chi connectivity index (χ1) is 13.8. The van der Waals surface area contributed by atoms with E-state index >= 15 is 0 Å². The Morgan fingerprint density at radius 2 is 2.00 bits per heavy atom. The van der Waals surface area contributed by atoms with Gasteiger partial charge in [-0.2, -0.15) is 13.2 Å². The number of carboxylic acid groups (broad SMARTS) is 1. The molecule has 2 saturated heterocycles. The van der Waals surface area contributed by atoms with Gasteiger partial charge in [-0.1, -0.05) is 29.8 Å². The maximum absolute atomic E-state index is 11.2. The molecule has 2 N–H and O–H groups in total. The van der Waals surface area contributed by atoms with Gasteiger partial charge >= 0.3 is 12.1 Å². The van der Waals surface area contributed by atoms with Gasteiger partial charge in [0.25, 0.3) is 0 Å². The number of nitrogens with zero attached hydrogens (tertiary/aromatic N) is 1. The van der Waals surface area contributed by atoms with Crippen LogP contribution in [0.15, 0.2) is 24.3 Å². The fourth-order valence-corrected chi connectivity index (χ4v) is 4.08. The van der Waals surface area contributed by atoms with Crippen molar-refractivity contribution in [2.75, 3.05) is 32.5 Å². The number of rotatable bonds is 5. The van der Waals surface area contributed by atoms with Crippen LogP contribution in [-0.2, 0) is 26.1 Å². The summed E-state index contributed by atoms with van der Waals surface area (Å²) in [6.07, 6.45) is -1.83. The monoisotopic (exact) mass is 452 g/mol. The lowest BCUT2D eigenvalue weighted by molar-refractivity contribution is -0.192. The normalized spacial score (nSPS) is 21.4. The first-order valence-electron chi connectivity index (χ1n) is 9.45. The van der Waals surface area contributed by atoms with E-state index in [1.54, 1.807) is 0 Å². The van der Waals surface area contributed by atoms with Crippen molar-refractivity contribution >= 4 is 16.0 Å². The number of nitrogens with one attached hydrogen (secondary N) is 1. The molecule has 1 unspecified atom stereocenters. The SMILES string of the molecule is Cc1cccc(CN2CC3(CCC(CNS(C)(=O)=O)CO3)C2)c1.O=C(O)C(F)(F)F. The molecule has 0 aliphatic carbocycles. The van der Waals surface area contributed by atoms with Gasteiger partial charge in [-0.3, -0.25) is 4.90 Å². The molecule has 0 amide bonds. The molecule has 2 fully saturated rings. The molecule has 2 aliphatic heterocycles. The van der Waals surface area contributed by atoms with Crippen molar-refractivity contribution in [2.45, 2.75) is 38.1 Å². The third-order valence-corrected chi connectivity index (χ3v) is 5.71. The molecule has 1 aromatic rings. The third-order valence-electron chi connectivity index (χ3n) is 5.02. The largest absolute Gasteiger partial charge is 0.490 e. The molecule has 1 aromatic carbocycles. The second-order valence-electron chi connectivity index (χ2n) is 7.96. The number of sulfonamides is 1. The van der Waals surface area contributed by atoms with Crippen LogP contribution < -0.4 is 4.72 Å². The lowest BCUT2D eigenvalue weighted by Gasteiger charge is -2.53. The minimum atomic E-state index is -5.08. The second-order valence-corrected chi connectivity index (χ2v) is 9.79. The lowest BCUT2D eigenvalue weighted by Crippen LogP contribution is -2.64. The predicted molar refractivity (Wildman–Crippen MR) is 104 cm³/mol. The molecule has 0 bridgehead atoms. The van der Waals surface area contributed by atoms with Crippen LogP contribution in [0.5, 0.6) is 0 Å². The maximum Gasteiger partial charge on any atom is 0.490 e. The van der Waals surface area contributed by atoms with E-state index in [2.05, 4.69) is 40.8 Å². The van der Waals surface area contributed by atoms with Crippen molar-refractivity contribution in [2.24, 2.45) is 5.92 Å². The van der Waals surface area contributed by atoms with E-state index in [9.17, 15) is 21.6 Å². The zero-order valence-electron chi connectivity index (χ0n) is 16.9. The van der Waals surface area contributed by atoms with Crippen molar-refractivity contribution in [3.8, 4) is 0 Å². The van der Waals surface area contributed by atoms with Gasteiger partial charge in [0.2, 0.25) is 10.0 Å². The van der Waals surface area contributed by atoms with Crippen molar-refractivity contribution < 1.29 is 36.2 Å². The lowest BCUT2D eigenvalue weighted by atomic mass is 9.83. The summed E-state index contributed by atoms with van der Waals surface area (Å²) < 4.78 is 62.7. The molecule has 7 nitrogen and oxygen atoms in total. The molecular formula is C19H27F3N2O5S. The van der Waals surface area contributed by atoms with E-state index < -0.39 is 22.2 Å². The molecule has 1 atom stereocenters. The standard InChI is InChI=1S/C17H26N2O3S.C2HF3O2/c1-14-4-3-5-15(8-14)10-19-12-17(13-19)7-6-16(11-22-17)9-18-23(2,20)21;3-2(4,5)1(6)7/h3-5,8,16,18H,6-7,9-13H2,1-2H3;(H,6,7). The molecule has 2 heterocycles. The summed E-state index contributed by atoms with van der Waals surface area (Å²) >= 11 is 0. The molecular weight excluding hydrogens is 425 g/mol. The van der Waals surface area contributed by atoms with E-state index in [-0.39, 0.29) is 5.60 Å². The number of aliphatic carboxylic acids is 1. The van der Waals surface area contributed by atoms with E-state index in [0.29, 0.717) is 19.1 Å². The molecule has 0 radical (unpaired) electrons. The van der Waals surface area contributed by atoms with Gasteiger partial charge in [0, 0.05) is 26.2 Å². The van der Waals surface area contributed by atoms with Crippen molar-refractivity contribution in [3.63, 3.8) is 0 Å². The number of hydrogen-bond donors (Lipinski definition) is 2. The number of hydrogen-bond acceptors (Lipinski definition) is 5. The number of aryl methyl sites for hydroxylation is 1. The van der Waals surface area contributed by atoms with Crippen LogP contribution in [0, 0.1) is 12.8 Å². The Morgan fingerprint density at radius 3 is 2.47 bits per heavy atom. The highest BCUT2D eigenvalue weighted by Crippen LogP contribution is 2.36. The Bertz CT molecular complexity index is 829. The number of carboxylic acids is 1. The Hall–Kier alpha value is -1.69. The van der Waals surface area contributed by atoms with Gasteiger partial charge in [0.05, 0.1) is 18.5 Å². The zero-order valence-corrected chi connectivity index (χ0v) is 17.7. The Labute approximate surface area is 174 Å². The minimum Gasteiger partial charge on any atom is -0.475 e. The van der Waals surface area contributed by atoms with Crippen LogP contribution in [-0.4, -0.2) is 68.7 Å². The van der Waals surface area contributed by atoms with Gasteiger partial charge in [-0.15, -0.1) is 0 Å². The summed E-state index contributed by atoms with van der Waals surface area (Å²) in [7, 11) is -3.10. The summed E-state index contributed by atoms with van der Waals surface area (Å²) in [5, 5.41) is 7.12. The quantitative estimate of drug-likeness (QED) is 0.711. The summed E-state index contributed by atoms with van der Waals surface area (Å²) in [6.45, 7) is 6.20. The van der Waals surface area contributed by atoms with Crippen molar-refractivity contribution in [1.82, 2.24) is 9.62 Å². The number of benzene rings is 1. The Morgan fingerprint density at radius 1 is 1.37 bits per heavy atom. The van der Waals surface area contributed by atoms with Crippen LogP contribution in [0.3, 0.4) is 0 Å². The van der Waals surface area contributed by atoms with E-state index in [4.69, 9.17) is 14.6 Å². The number of alkyl halides is 3. The average molecular weight is 452 g/mol. The van der Waals surface area contributed by atoms with Crippen LogP contribution in [0.4, 0.5) is 13.2 Å². The molecule has 170 valence electrons. The molecule has 0 aromatic heterocycles. The topological polar surface area (TPSA) is 95.9 Å². The zero-order chi connectivity index (χ0) is 22.6. The summed E-state index contributed by atoms with van der Waals surface area (Å²) in [5.41, 5.74) is 2.66. The minimum absolute atomic E-state index is 0.00537. The molecule has 0 saturated carbocycles. The number of ether oxygens (including phenoxy) is 1. The van der Waals surface area contributed by atoms with Crippen molar-refractivity contribution in [3.05, 3.63) is 35.4 Å². The maximum atomic E-state index is 11.2. The first kappa shape index (κ1) is 24.6. The molecule has 1 spiro atoms. The van der Waals surface area contributed by atoms with Crippen molar-refractivity contribution in [1.29, 1.82) is 0 Å². The second kappa shape index (κ2) is 9.63. The Kier molecular flexibility index (Phi) is 7.89. The molecule has 11 heteroatoms. The smallest absolute Gasteiger partial charge is 0.475 e. The first-order valence-corrected chi connectivity index (χ1v) is 11.3.